The minimum absolute atomic E-state index is 0.110. The lowest BCUT2D eigenvalue weighted by Gasteiger charge is -2.08. The van der Waals surface area contributed by atoms with E-state index < -0.39 is 5.97 Å². The van der Waals surface area contributed by atoms with Gasteiger partial charge in [-0.25, -0.2) is 0 Å². The van der Waals surface area contributed by atoms with Crippen molar-refractivity contribution in [2.45, 2.75) is 13.5 Å². The van der Waals surface area contributed by atoms with Gasteiger partial charge in [0.1, 0.15) is 13.2 Å². The number of carbonyl (C=O) groups is 2. The van der Waals surface area contributed by atoms with Gasteiger partial charge in [0.25, 0.3) is 5.91 Å². The lowest BCUT2D eigenvalue weighted by atomic mass is 9.99. The number of benzene rings is 3. The van der Waals surface area contributed by atoms with E-state index in [9.17, 15) is 14.9 Å². The average Bonchev–Trinajstić information content (AvgIpc) is 2.76. The molecule has 0 radical (unpaired) electrons. The Morgan fingerprint density at radius 2 is 1.76 bits per heavy atom. The van der Waals surface area contributed by atoms with Crippen LogP contribution in [-0.4, -0.2) is 18.4 Å². The highest BCUT2D eigenvalue weighted by Gasteiger charge is 2.10. The highest BCUT2D eigenvalue weighted by atomic mass is 16.5. The molecule has 0 aliphatic heterocycles. The van der Waals surface area contributed by atoms with Crippen LogP contribution in [0.3, 0.4) is 0 Å². The van der Waals surface area contributed by atoms with E-state index in [1.54, 1.807) is 24.3 Å². The number of nitrogens with zero attached hydrogens (tertiary/aromatic N) is 1. The zero-order valence-corrected chi connectivity index (χ0v) is 16.0. The van der Waals surface area contributed by atoms with E-state index in [-0.39, 0.29) is 19.1 Å². The third-order valence-electron chi connectivity index (χ3n) is 4.39. The number of amides is 1. The van der Waals surface area contributed by atoms with Crippen molar-refractivity contribution < 1.29 is 14.3 Å². The zero-order chi connectivity index (χ0) is 20.6. The van der Waals surface area contributed by atoms with Crippen molar-refractivity contribution in [1.82, 2.24) is 5.32 Å². The first-order valence-corrected chi connectivity index (χ1v) is 9.16. The van der Waals surface area contributed by atoms with Crippen LogP contribution in [0.2, 0.25) is 0 Å². The number of esters is 1. The standard InChI is InChI=1S/C24H20N2O3/c1-17-5-4-7-20(13-17)24(28)26-15-23(27)29-16-18-9-11-19(12-10-18)22-8-3-2-6-21(22)14-25/h2-13H,15-16H2,1H3,(H,26,28). The van der Waals surface area contributed by atoms with Gasteiger partial charge in [-0.15, -0.1) is 0 Å². The third-order valence-corrected chi connectivity index (χ3v) is 4.39. The summed E-state index contributed by atoms with van der Waals surface area (Å²) in [7, 11) is 0. The van der Waals surface area contributed by atoms with Gasteiger partial charge >= 0.3 is 5.97 Å². The largest absolute Gasteiger partial charge is 0.460 e. The number of nitrogens with one attached hydrogen (secondary N) is 1. The van der Waals surface area contributed by atoms with Crippen molar-refractivity contribution in [3.8, 4) is 17.2 Å². The summed E-state index contributed by atoms with van der Waals surface area (Å²) in [5.41, 5.74) is 4.68. The van der Waals surface area contributed by atoms with Crippen LogP contribution in [-0.2, 0) is 16.1 Å². The fourth-order valence-electron chi connectivity index (χ4n) is 2.87. The molecule has 0 fully saturated rings. The van der Waals surface area contributed by atoms with Crippen LogP contribution in [0.25, 0.3) is 11.1 Å². The van der Waals surface area contributed by atoms with E-state index in [2.05, 4.69) is 11.4 Å². The van der Waals surface area contributed by atoms with Crippen LogP contribution in [0, 0.1) is 18.3 Å². The second kappa shape index (κ2) is 9.34. The van der Waals surface area contributed by atoms with Crippen LogP contribution < -0.4 is 5.32 Å². The minimum Gasteiger partial charge on any atom is -0.460 e. The van der Waals surface area contributed by atoms with Crippen molar-refractivity contribution >= 4 is 11.9 Å². The second-order valence-electron chi connectivity index (χ2n) is 6.57. The van der Waals surface area contributed by atoms with Gasteiger partial charge < -0.3 is 10.1 Å². The predicted octanol–water partition coefficient (Wildman–Crippen LogP) is 4.01. The van der Waals surface area contributed by atoms with Crippen LogP contribution in [0.1, 0.15) is 27.0 Å². The zero-order valence-electron chi connectivity index (χ0n) is 16.0. The number of ether oxygens (including phenoxy) is 1. The summed E-state index contributed by atoms with van der Waals surface area (Å²) in [5, 5.41) is 11.8. The van der Waals surface area contributed by atoms with Gasteiger partial charge in [-0.3, -0.25) is 9.59 Å². The molecule has 0 atom stereocenters. The molecule has 0 spiro atoms. The van der Waals surface area contributed by atoms with Crippen LogP contribution in [0.4, 0.5) is 0 Å². The fraction of sp³-hybridized carbons (Fsp3) is 0.125. The highest BCUT2D eigenvalue weighted by molar-refractivity contribution is 5.96. The van der Waals surface area contributed by atoms with E-state index in [0.29, 0.717) is 11.1 Å². The van der Waals surface area contributed by atoms with Gasteiger partial charge in [-0.2, -0.15) is 5.26 Å². The maximum atomic E-state index is 12.1. The first kappa shape index (κ1) is 19.8. The number of nitriles is 1. The first-order chi connectivity index (χ1) is 14.1. The van der Waals surface area contributed by atoms with E-state index in [1.807, 2.05) is 55.5 Å². The third kappa shape index (κ3) is 5.30. The van der Waals surface area contributed by atoms with Gasteiger partial charge in [0, 0.05) is 5.56 Å². The molecule has 3 aromatic rings. The molecule has 5 nitrogen and oxygen atoms in total. The highest BCUT2D eigenvalue weighted by Crippen LogP contribution is 2.23. The maximum absolute atomic E-state index is 12.1. The van der Waals surface area contributed by atoms with E-state index >= 15 is 0 Å². The van der Waals surface area contributed by atoms with Crippen LogP contribution in [0.5, 0.6) is 0 Å². The molecule has 0 aliphatic carbocycles. The Morgan fingerprint density at radius 1 is 1.00 bits per heavy atom. The number of rotatable bonds is 6. The Balaban J connectivity index is 1.51. The fourth-order valence-corrected chi connectivity index (χ4v) is 2.87. The molecule has 144 valence electrons. The van der Waals surface area contributed by atoms with Gasteiger partial charge in [0.15, 0.2) is 0 Å². The van der Waals surface area contributed by atoms with E-state index in [4.69, 9.17) is 4.74 Å². The lowest BCUT2D eigenvalue weighted by Crippen LogP contribution is -2.30. The van der Waals surface area contributed by atoms with Gasteiger partial charge in [0.2, 0.25) is 0 Å². The summed E-state index contributed by atoms with van der Waals surface area (Å²) < 4.78 is 5.22. The summed E-state index contributed by atoms with van der Waals surface area (Å²) in [5.74, 6) is -0.823. The summed E-state index contributed by atoms with van der Waals surface area (Å²) in [4.78, 5) is 24.0. The molecule has 3 rings (SSSR count). The van der Waals surface area contributed by atoms with Crippen molar-refractivity contribution in [3.63, 3.8) is 0 Å². The smallest absolute Gasteiger partial charge is 0.325 e. The quantitative estimate of drug-likeness (QED) is 0.652. The average molecular weight is 384 g/mol. The topological polar surface area (TPSA) is 79.2 Å². The van der Waals surface area contributed by atoms with Crippen molar-refractivity contribution in [1.29, 1.82) is 5.26 Å². The van der Waals surface area contributed by atoms with Crippen LogP contribution in [0.15, 0.2) is 72.8 Å². The first-order valence-electron chi connectivity index (χ1n) is 9.16. The molecule has 0 saturated heterocycles. The molecule has 0 unspecified atom stereocenters. The summed E-state index contributed by atoms with van der Waals surface area (Å²) in [6.07, 6.45) is 0. The summed E-state index contributed by atoms with van der Waals surface area (Å²) >= 11 is 0. The molecule has 1 N–H and O–H groups in total. The molecule has 0 saturated carbocycles. The maximum Gasteiger partial charge on any atom is 0.325 e. The van der Waals surface area contributed by atoms with Crippen molar-refractivity contribution in [2.24, 2.45) is 0 Å². The summed E-state index contributed by atoms with van der Waals surface area (Å²) in [6, 6.07) is 24.2. The molecule has 5 heteroatoms. The van der Waals surface area contributed by atoms with E-state index in [1.165, 1.54) is 0 Å². The van der Waals surface area contributed by atoms with Crippen LogP contribution >= 0.6 is 0 Å². The Bertz CT molecular complexity index is 1070. The Morgan fingerprint density at radius 3 is 2.48 bits per heavy atom. The molecule has 0 heterocycles. The van der Waals surface area contributed by atoms with Gasteiger partial charge in [-0.05, 0) is 41.8 Å². The Labute approximate surface area is 169 Å². The number of aryl methyl sites for hydroxylation is 1. The van der Waals surface area contributed by atoms with E-state index in [0.717, 1.165) is 22.3 Å². The molecule has 0 aromatic heterocycles. The van der Waals surface area contributed by atoms with Gasteiger partial charge in [-0.1, -0.05) is 60.2 Å². The SMILES string of the molecule is Cc1cccc(C(=O)NCC(=O)OCc2ccc(-c3ccccc3C#N)cc2)c1. The number of hydrogen-bond acceptors (Lipinski definition) is 4. The van der Waals surface area contributed by atoms with Crippen molar-refractivity contribution in [3.05, 3.63) is 95.1 Å². The minimum atomic E-state index is -0.509. The molecule has 0 aliphatic rings. The molecule has 3 aromatic carbocycles. The molecular weight excluding hydrogens is 364 g/mol. The number of hydrogen-bond donors (Lipinski definition) is 1. The molecule has 29 heavy (non-hydrogen) atoms. The normalized spacial score (nSPS) is 10.1. The Kier molecular flexibility index (Phi) is 6.39. The molecule has 0 bridgehead atoms. The number of carbonyl (C=O) groups excluding carboxylic acids is 2. The lowest BCUT2D eigenvalue weighted by molar-refractivity contribution is -0.143. The monoisotopic (exact) mass is 384 g/mol. The predicted molar refractivity (Wildman–Crippen MR) is 110 cm³/mol. The Hall–Kier alpha value is -3.91. The van der Waals surface area contributed by atoms with Gasteiger partial charge in [0.05, 0.1) is 11.6 Å². The molecular formula is C24H20N2O3. The second-order valence-corrected chi connectivity index (χ2v) is 6.57. The molecule has 1 amide bonds. The van der Waals surface area contributed by atoms with Crippen molar-refractivity contribution in [2.75, 3.05) is 6.54 Å². The summed E-state index contributed by atoms with van der Waals surface area (Å²) in [6.45, 7) is 1.81.